The first-order chi connectivity index (χ1) is 8.86. The molecule has 1 rings (SSSR count). The lowest BCUT2D eigenvalue weighted by Crippen LogP contribution is -2.24. The molecule has 1 heterocycles. The van der Waals surface area contributed by atoms with Gasteiger partial charge in [-0.3, -0.25) is 0 Å². The molecule has 0 saturated heterocycles. The van der Waals surface area contributed by atoms with Crippen molar-refractivity contribution in [3.8, 4) is 0 Å². The van der Waals surface area contributed by atoms with Crippen LogP contribution in [0.5, 0.6) is 0 Å². The third kappa shape index (κ3) is 4.97. The van der Waals surface area contributed by atoms with Crippen molar-refractivity contribution in [3.63, 3.8) is 0 Å². The molecule has 0 bridgehead atoms. The van der Waals surface area contributed by atoms with Gasteiger partial charge in [0.2, 0.25) is 10.0 Å². The number of sulfonamides is 1. The van der Waals surface area contributed by atoms with Gasteiger partial charge in [0.25, 0.3) is 0 Å². The molecule has 2 N–H and O–H groups in total. The zero-order valence-corrected chi connectivity index (χ0v) is 12.7. The summed E-state index contributed by atoms with van der Waals surface area (Å²) in [6.45, 7) is 4.61. The fourth-order valence-corrected chi connectivity index (χ4v) is 3.02. The van der Waals surface area contributed by atoms with Gasteiger partial charge < -0.3 is 9.67 Å². The van der Waals surface area contributed by atoms with E-state index in [4.69, 9.17) is 5.11 Å². The number of aliphatic hydroxyl groups excluding tert-OH is 1. The second kappa shape index (κ2) is 7.07. The van der Waals surface area contributed by atoms with E-state index < -0.39 is 10.0 Å². The Morgan fingerprint density at radius 3 is 2.58 bits per heavy atom. The molecule has 1 aromatic rings. The van der Waals surface area contributed by atoms with Gasteiger partial charge in [-0.05, 0) is 18.4 Å². The smallest absolute Gasteiger partial charge is 0.242 e. The van der Waals surface area contributed by atoms with Crippen molar-refractivity contribution >= 4 is 10.0 Å². The molecule has 0 aliphatic heterocycles. The highest BCUT2D eigenvalue weighted by atomic mass is 32.2. The molecule has 0 fully saturated rings. The van der Waals surface area contributed by atoms with Crippen LogP contribution in [0.2, 0.25) is 0 Å². The number of aryl methyl sites for hydroxylation is 1. The van der Waals surface area contributed by atoms with E-state index in [1.807, 2.05) is 0 Å². The predicted molar refractivity (Wildman–Crippen MR) is 75.2 cm³/mol. The summed E-state index contributed by atoms with van der Waals surface area (Å²) < 4.78 is 28.2. The van der Waals surface area contributed by atoms with Crippen LogP contribution in [-0.4, -0.2) is 24.6 Å². The van der Waals surface area contributed by atoms with Crippen molar-refractivity contribution in [2.45, 2.75) is 44.6 Å². The predicted octanol–water partition coefficient (Wildman–Crippen LogP) is 1.62. The van der Waals surface area contributed by atoms with E-state index in [0.29, 0.717) is 18.2 Å². The Morgan fingerprint density at radius 1 is 1.37 bits per heavy atom. The zero-order valence-electron chi connectivity index (χ0n) is 11.9. The van der Waals surface area contributed by atoms with E-state index in [1.165, 1.54) is 12.3 Å². The lowest BCUT2D eigenvalue weighted by Gasteiger charge is -2.06. The number of rotatable bonds is 8. The summed E-state index contributed by atoms with van der Waals surface area (Å²) in [4.78, 5) is 0.211. The van der Waals surface area contributed by atoms with Gasteiger partial charge in [0.05, 0.1) is 11.5 Å². The fourth-order valence-electron chi connectivity index (χ4n) is 1.85. The van der Waals surface area contributed by atoms with Crippen molar-refractivity contribution in [3.05, 3.63) is 18.0 Å². The van der Waals surface area contributed by atoms with Crippen LogP contribution in [-0.2, 0) is 23.7 Å². The molecular weight excluding hydrogens is 264 g/mol. The van der Waals surface area contributed by atoms with Crippen LogP contribution in [0.25, 0.3) is 0 Å². The first-order valence-electron chi connectivity index (χ1n) is 6.62. The minimum atomic E-state index is -3.45. The number of nitrogens with zero attached hydrogens (tertiary/aromatic N) is 1. The van der Waals surface area contributed by atoms with Gasteiger partial charge in [0.15, 0.2) is 0 Å². The largest absolute Gasteiger partial charge is 0.390 e. The Morgan fingerprint density at radius 2 is 2.05 bits per heavy atom. The third-order valence-corrected chi connectivity index (χ3v) is 4.48. The number of aliphatic hydroxyl groups is 1. The van der Waals surface area contributed by atoms with Gasteiger partial charge in [0, 0.05) is 25.5 Å². The Balaban J connectivity index is 2.51. The zero-order chi connectivity index (χ0) is 14.5. The lowest BCUT2D eigenvalue weighted by atomic mass is 10.1. The first kappa shape index (κ1) is 16.2. The standard InChI is InChI=1S/C13H24N2O3S/c1-11(2)6-4-5-7-14-19(17,18)13-8-12(10-16)15(3)9-13/h8-9,11,14,16H,4-7,10H2,1-3H3. The number of aromatic nitrogens is 1. The van der Waals surface area contributed by atoms with Crippen molar-refractivity contribution in [1.29, 1.82) is 0 Å². The molecule has 1 aromatic heterocycles. The van der Waals surface area contributed by atoms with E-state index in [0.717, 1.165) is 19.3 Å². The summed E-state index contributed by atoms with van der Waals surface area (Å²) in [5.74, 6) is 0.651. The van der Waals surface area contributed by atoms with E-state index in [9.17, 15) is 8.42 Å². The molecule has 0 saturated carbocycles. The molecule has 0 aromatic carbocycles. The molecule has 0 radical (unpaired) electrons. The van der Waals surface area contributed by atoms with Crippen LogP contribution in [0.15, 0.2) is 17.2 Å². The number of hydrogen-bond donors (Lipinski definition) is 2. The van der Waals surface area contributed by atoms with Gasteiger partial charge in [0.1, 0.15) is 0 Å². The molecule has 6 heteroatoms. The second-order valence-corrected chi connectivity index (χ2v) is 6.99. The summed E-state index contributed by atoms with van der Waals surface area (Å²) >= 11 is 0. The monoisotopic (exact) mass is 288 g/mol. The number of unbranched alkanes of at least 4 members (excludes halogenated alkanes) is 1. The fraction of sp³-hybridized carbons (Fsp3) is 0.692. The molecule has 5 nitrogen and oxygen atoms in total. The van der Waals surface area contributed by atoms with Crippen LogP contribution in [0.4, 0.5) is 0 Å². The molecule has 19 heavy (non-hydrogen) atoms. The molecule has 0 aliphatic carbocycles. The second-order valence-electron chi connectivity index (χ2n) is 5.22. The Labute approximate surface area is 115 Å². The third-order valence-electron chi connectivity index (χ3n) is 3.06. The van der Waals surface area contributed by atoms with Gasteiger partial charge in [-0.25, -0.2) is 13.1 Å². The normalized spacial score (nSPS) is 12.3. The van der Waals surface area contributed by atoms with Crippen LogP contribution < -0.4 is 4.72 Å². The molecule has 0 spiro atoms. The van der Waals surface area contributed by atoms with E-state index in [2.05, 4.69) is 18.6 Å². The average Bonchev–Trinajstić information content (AvgIpc) is 2.70. The summed E-state index contributed by atoms with van der Waals surface area (Å²) in [7, 11) is -1.74. The van der Waals surface area contributed by atoms with Crippen LogP contribution in [0.1, 0.15) is 38.8 Å². The quantitative estimate of drug-likeness (QED) is 0.714. The molecule has 0 unspecified atom stereocenters. The molecule has 110 valence electrons. The first-order valence-corrected chi connectivity index (χ1v) is 8.11. The average molecular weight is 288 g/mol. The van der Waals surface area contributed by atoms with Crippen molar-refractivity contribution in [1.82, 2.24) is 9.29 Å². The van der Waals surface area contributed by atoms with E-state index in [-0.39, 0.29) is 11.5 Å². The lowest BCUT2D eigenvalue weighted by molar-refractivity contribution is 0.272. The number of nitrogens with one attached hydrogen (secondary N) is 1. The molecule has 0 amide bonds. The minimum absolute atomic E-state index is 0.166. The summed E-state index contributed by atoms with van der Waals surface area (Å²) in [5, 5.41) is 9.06. The summed E-state index contributed by atoms with van der Waals surface area (Å²) in [5.41, 5.74) is 0.584. The Kier molecular flexibility index (Phi) is 6.03. The maximum atomic E-state index is 12.0. The SMILES string of the molecule is CC(C)CCCCNS(=O)(=O)c1cc(CO)n(C)c1. The Bertz CT molecular complexity index is 492. The molecular formula is C13H24N2O3S. The Hall–Kier alpha value is -0.850. The maximum absolute atomic E-state index is 12.0. The maximum Gasteiger partial charge on any atom is 0.242 e. The summed E-state index contributed by atoms with van der Waals surface area (Å²) in [6, 6.07) is 1.50. The van der Waals surface area contributed by atoms with E-state index in [1.54, 1.807) is 11.6 Å². The highest BCUT2D eigenvalue weighted by Gasteiger charge is 2.16. The van der Waals surface area contributed by atoms with Crippen LogP contribution in [0.3, 0.4) is 0 Å². The van der Waals surface area contributed by atoms with Crippen molar-refractivity contribution < 1.29 is 13.5 Å². The number of hydrogen-bond acceptors (Lipinski definition) is 3. The van der Waals surface area contributed by atoms with Gasteiger partial charge in [-0.15, -0.1) is 0 Å². The van der Waals surface area contributed by atoms with Crippen LogP contribution in [0, 0.1) is 5.92 Å². The molecule has 0 aliphatic rings. The van der Waals surface area contributed by atoms with Gasteiger partial charge in [-0.2, -0.15) is 0 Å². The molecule has 0 atom stereocenters. The summed E-state index contributed by atoms with van der Waals surface area (Å²) in [6.07, 6.45) is 4.50. The van der Waals surface area contributed by atoms with Crippen molar-refractivity contribution in [2.75, 3.05) is 6.54 Å². The highest BCUT2D eigenvalue weighted by Crippen LogP contribution is 2.13. The van der Waals surface area contributed by atoms with E-state index >= 15 is 0 Å². The van der Waals surface area contributed by atoms with Gasteiger partial charge >= 0.3 is 0 Å². The minimum Gasteiger partial charge on any atom is -0.390 e. The van der Waals surface area contributed by atoms with Crippen LogP contribution >= 0.6 is 0 Å². The van der Waals surface area contributed by atoms with Gasteiger partial charge in [-0.1, -0.05) is 26.7 Å². The highest BCUT2D eigenvalue weighted by molar-refractivity contribution is 7.89. The topological polar surface area (TPSA) is 71.3 Å². The van der Waals surface area contributed by atoms with Crippen molar-refractivity contribution in [2.24, 2.45) is 13.0 Å².